The van der Waals surface area contributed by atoms with Crippen LogP contribution in [0, 0.1) is 0 Å². The predicted molar refractivity (Wildman–Crippen MR) is 106 cm³/mol. The zero-order valence-electron chi connectivity index (χ0n) is 15.8. The van der Waals surface area contributed by atoms with Gasteiger partial charge < -0.3 is 19.7 Å². The van der Waals surface area contributed by atoms with Crippen LogP contribution in [0.2, 0.25) is 0 Å². The summed E-state index contributed by atoms with van der Waals surface area (Å²) in [5.74, 6) is 2.01. The molecule has 0 spiro atoms. The van der Waals surface area contributed by atoms with Crippen molar-refractivity contribution in [3.8, 4) is 5.75 Å². The van der Waals surface area contributed by atoms with Gasteiger partial charge in [-0.1, -0.05) is 29.8 Å². The Kier molecular flexibility index (Phi) is 7.37. The fourth-order valence-corrected chi connectivity index (χ4v) is 3.40. The molecule has 0 amide bonds. The molecule has 2 aliphatic heterocycles. The minimum Gasteiger partial charge on any atom is -0.490 e. The average molecular weight is 357 g/mol. The zero-order chi connectivity index (χ0) is 18.0. The third-order valence-corrected chi connectivity index (χ3v) is 4.87. The molecule has 1 saturated heterocycles. The van der Waals surface area contributed by atoms with Gasteiger partial charge in [-0.15, -0.1) is 0 Å². The standard InChI is InChI=1S/C21H31N3O2/c1-2-22-21(23-13-8-18-11-16-25-17-12-18)24-14-9-20(10-15-24)26-19-6-4-3-5-7-19/h3-7,11,20H,2,8-10,12-17H2,1H3,(H,22,23). The molecule has 1 aromatic rings. The molecule has 142 valence electrons. The summed E-state index contributed by atoms with van der Waals surface area (Å²) < 4.78 is 11.5. The molecule has 26 heavy (non-hydrogen) atoms. The summed E-state index contributed by atoms with van der Waals surface area (Å²) in [5.41, 5.74) is 1.48. The fraction of sp³-hybridized carbons (Fsp3) is 0.571. The van der Waals surface area contributed by atoms with Crippen LogP contribution in [0.4, 0.5) is 0 Å². The van der Waals surface area contributed by atoms with Gasteiger partial charge in [-0.05, 0) is 31.9 Å². The summed E-state index contributed by atoms with van der Waals surface area (Å²) in [6.45, 7) is 7.45. The van der Waals surface area contributed by atoms with Crippen LogP contribution in [0.3, 0.4) is 0 Å². The largest absolute Gasteiger partial charge is 0.490 e. The van der Waals surface area contributed by atoms with Crippen LogP contribution in [0.25, 0.3) is 0 Å². The van der Waals surface area contributed by atoms with Crippen molar-refractivity contribution in [3.63, 3.8) is 0 Å². The number of hydrogen-bond donors (Lipinski definition) is 1. The van der Waals surface area contributed by atoms with E-state index in [1.807, 2.05) is 30.3 Å². The predicted octanol–water partition coefficient (Wildman–Crippen LogP) is 3.23. The Morgan fingerprint density at radius 2 is 2.08 bits per heavy atom. The van der Waals surface area contributed by atoms with E-state index in [0.29, 0.717) is 6.10 Å². The lowest BCUT2D eigenvalue weighted by atomic mass is 10.1. The highest BCUT2D eigenvalue weighted by Crippen LogP contribution is 2.19. The number of nitrogens with one attached hydrogen (secondary N) is 1. The van der Waals surface area contributed by atoms with E-state index in [-0.39, 0.29) is 0 Å². The first-order valence-corrected chi connectivity index (χ1v) is 9.85. The Morgan fingerprint density at radius 3 is 2.77 bits per heavy atom. The Labute approximate surface area is 157 Å². The van der Waals surface area contributed by atoms with E-state index in [2.05, 4.69) is 23.2 Å². The van der Waals surface area contributed by atoms with Crippen molar-refractivity contribution in [2.75, 3.05) is 39.4 Å². The number of aliphatic imine (C=N–C) groups is 1. The third kappa shape index (κ3) is 5.77. The number of benzene rings is 1. The molecular formula is C21H31N3O2. The molecule has 5 nitrogen and oxygen atoms in total. The lowest BCUT2D eigenvalue weighted by Crippen LogP contribution is -2.47. The summed E-state index contributed by atoms with van der Waals surface area (Å²) in [6.07, 6.45) is 6.64. The maximum Gasteiger partial charge on any atom is 0.193 e. The van der Waals surface area contributed by atoms with E-state index >= 15 is 0 Å². The van der Waals surface area contributed by atoms with Crippen molar-refractivity contribution in [1.29, 1.82) is 0 Å². The highest BCUT2D eigenvalue weighted by Gasteiger charge is 2.22. The van der Waals surface area contributed by atoms with E-state index in [4.69, 9.17) is 14.5 Å². The van der Waals surface area contributed by atoms with Gasteiger partial charge in [0.1, 0.15) is 11.9 Å². The number of guanidine groups is 1. The smallest absolute Gasteiger partial charge is 0.193 e. The van der Waals surface area contributed by atoms with Gasteiger partial charge >= 0.3 is 0 Å². The molecule has 0 bridgehead atoms. The van der Waals surface area contributed by atoms with Gasteiger partial charge in [0.25, 0.3) is 0 Å². The minimum atomic E-state index is 0.295. The summed E-state index contributed by atoms with van der Waals surface area (Å²) in [4.78, 5) is 7.22. The van der Waals surface area contributed by atoms with Crippen LogP contribution in [-0.2, 0) is 4.74 Å². The number of ether oxygens (including phenoxy) is 2. The van der Waals surface area contributed by atoms with Crippen molar-refractivity contribution in [2.45, 2.75) is 38.7 Å². The first-order chi connectivity index (χ1) is 12.8. The minimum absolute atomic E-state index is 0.295. The fourth-order valence-electron chi connectivity index (χ4n) is 3.40. The van der Waals surface area contributed by atoms with Crippen molar-refractivity contribution >= 4 is 5.96 Å². The Bertz CT molecular complexity index is 593. The van der Waals surface area contributed by atoms with Gasteiger partial charge in [0, 0.05) is 39.0 Å². The zero-order valence-corrected chi connectivity index (χ0v) is 15.8. The second kappa shape index (κ2) is 10.2. The Morgan fingerprint density at radius 1 is 1.27 bits per heavy atom. The maximum atomic E-state index is 6.10. The van der Waals surface area contributed by atoms with Crippen molar-refractivity contribution < 1.29 is 9.47 Å². The molecule has 0 radical (unpaired) electrons. The van der Waals surface area contributed by atoms with Gasteiger partial charge in [-0.2, -0.15) is 0 Å². The molecule has 0 aliphatic carbocycles. The first kappa shape index (κ1) is 18.8. The third-order valence-electron chi connectivity index (χ3n) is 4.87. The van der Waals surface area contributed by atoms with Crippen LogP contribution in [0.1, 0.15) is 32.6 Å². The SMILES string of the molecule is CCNC(=NCCC1=CCOCC1)N1CCC(Oc2ccccc2)CC1. The highest BCUT2D eigenvalue weighted by atomic mass is 16.5. The summed E-state index contributed by atoms with van der Waals surface area (Å²) in [5, 5.41) is 3.45. The number of nitrogens with zero attached hydrogens (tertiary/aromatic N) is 2. The lowest BCUT2D eigenvalue weighted by molar-refractivity contribution is 0.129. The topological polar surface area (TPSA) is 46.1 Å². The molecule has 3 rings (SSSR count). The van der Waals surface area contributed by atoms with E-state index < -0.39 is 0 Å². The quantitative estimate of drug-likeness (QED) is 0.482. The molecule has 0 atom stereocenters. The monoisotopic (exact) mass is 357 g/mol. The van der Waals surface area contributed by atoms with Gasteiger partial charge in [0.15, 0.2) is 5.96 Å². The second-order valence-corrected chi connectivity index (χ2v) is 6.79. The molecule has 2 aliphatic rings. The number of para-hydroxylation sites is 1. The van der Waals surface area contributed by atoms with Crippen LogP contribution in [0.5, 0.6) is 5.75 Å². The molecule has 5 heteroatoms. The maximum absolute atomic E-state index is 6.10. The van der Waals surface area contributed by atoms with Gasteiger partial charge in [0.2, 0.25) is 0 Å². The average Bonchev–Trinajstić information content (AvgIpc) is 2.70. The van der Waals surface area contributed by atoms with E-state index in [1.165, 1.54) is 5.57 Å². The highest BCUT2D eigenvalue weighted by molar-refractivity contribution is 5.80. The number of hydrogen-bond acceptors (Lipinski definition) is 3. The second-order valence-electron chi connectivity index (χ2n) is 6.79. The molecule has 2 heterocycles. The summed E-state index contributed by atoms with van der Waals surface area (Å²) in [6, 6.07) is 10.1. The van der Waals surface area contributed by atoms with Crippen molar-refractivity contribution in [1.82, 2.24) is 10.2 Å². The summed E-state index contributed by atoms with van der Waals surface area (Å²) in [7, 11) is 0. The molecular weight excluding hydrogens is 326 g/mol. The molecule has 0 unspecified atom stereocenters. The number of likely N-dealkylation sites (tertiary alicyclic amines) is 1. The lowest BCUT2D eigenvalue weighted by Gasteiger charge is -2.34. The van der Waals surface area contributed by atoms with E-state index in [0.717, 1.165) is 76.8 Å². The van der Waals surface area contributed by atoms with Gasteiger partial charge in [-0.25, -0.2) is 0 Å². The molecule has 0 aromatic heterocycles. The molecule has 1 aromatic carbocycles. The molecule has 0 saturated carbocycles. The van der Waals surface area contributed by atoms with Crippen molar-refractivity contribution in [3.05, 3.63) is 42.0 Å². The Balaban J connectivity index is 1.47. The summed E-state index contributed by atoms with van der Waals surface area (Å²) >= 11 is 0. The number of piperidine rings is 1. The normalized spacial score (nSPS) is 19.2. The number of rotatable bonds is 6. The molecule has 1 fully saturated rings. The van der Waals surface area contributed by atoms with Crippen molar-refractivity contribution in [2.24, 2.45) is 4.99 Å². The molecule has 1 N–H and O–H groups in total. The first-order valence-electron chi connectivity index (χ1n) is 9.85. The van der Waals surface area contributed by atoms with Crippen LogP contribution >= 0.6 is 0 Å². The van der Waals surface area contributed by atoms with Crippen LogP contribution in [-0.4, -0.2) is 56.4 Å². The van der Waals surface area contributed by atoms with Crippen LogP contribution in [0.15, 0.2) is 47.0 Å². The van der Waals surface area contributed by atoms with Crippen LogP contribution < -0.4 is 10.1 Å². The van der Waals surface area contributed by atoms with Gasteiger partial charge in [0.05, 0.1) is 13.2 Å². The van der Waals surface area contributed by atoms with Gasteiger partial charge in [-0.3, -0.25) is 4.99 Å². The van der Waals surface area contributed by atoms with E-state index in [1.54, 1.807) is 0 Å². The van der Waals surface area contributed by atoms with E-state index in [9.17, 15) is 0 Å². The Hall–Kier alpha value is -2.01.